The van der Waals surface area contributed by atoms with Crippen molar-refractivity contribution < 1.29 is 14.7 Å². The summed E-state index contributed by atoms with van der Waals surface area (Å²) in [6, 6.07) is 0.0936. The number of carboxylic acid groups (broad SMARTS) is 1. The first-order valence-electron chi connectivity index (χ1n) is 5.20. The van der Waals surface area contributed by atoms with Crippen molar-refractivity contribution in [3.05, 3.63) is 0 Å². The molecule has 2 heterocycles. The minimum atomic E-state index is -0.751. The van der Waals surface area contributed by atoms with Crippen LogP contribution in [0.2, 0.25) is 0 Å². The molecule has 0 aromatic heterocycles. The van der Waals surface area contributed by atoms with Crippen LogP contribution >= 0.6 is 0 Å². The highest BCUT2D eigenvalue weighted by Gasteiger charge is 2.36. The van der Waals surface area contributed by atoms with Crippen molar-refractivity contribution >= 4 is 11.9 Å². The Balaban J connectivity index is 2.17. The molecule has 2 bridgehead atoms. The van der Waals surface area contributed by atoms with E-state index in [1.807, 2.05) is 0 Å². The van der Waals surface area contributed by atoms with Crippen molar-refractivity contribution in [1.29, 1.82) is 0 Å². The predicted octanol–water partition coefficient (Wildman–Crippen LogP) is 0.766. The lowest BCUT2D eigenvalue weighted by molar-refractivity contribution is -0.142. The Morgan fingerprint density at radius 2 is 2.14 bits per heavy atom. The van der Waals surface area contributed by atoms with Gasteiger partial charge in [-0.15, -0.1) is 0 Å². The molecule has 2 N–H and O–H groups in total. The van der Waals surface area contributed by atoms with Crippen molar-refractivity contribution in [3.63, 3.8) is 0 Å². The molecule has 2 fully saturated rings. The zero-order valence-electron chi connectivity index (χ0n) is 8.03. The van der Waals surface area contributed by atoms with Crippen molar-refractivity contribution in [2.24, 2.45) is 11.8 Å². The van der Waals surface area contributed by atoms with Gasteiger partial charge in [-0.1, -0.05) is 6.42 Å². The Bertz CT molecular complexity index is 264. The summed E-state index contributed by atoms with van der Waals surface area (Å²) >= 11 is 0. The van der Waals surface area contributed by atoms with Crippen LogP contribution in [0.5, 0.6) is 0 Å². The molecule has 2 rings (SSSR count). The number of hydrogen-bond acceptors (Lipinski definition) is 2. The van der Waals surface area contributed by atoms with Gasteiger partial charge in [0, 0.05) is 12.0 Å². The molecule has 14 heavy (non-hydrogen) atoms. The van der Waals surface area contributed by atoms with Crippen molar-refractivity contribution in [1.82, 2.24) is 5.32 Å². The van der Waals surface area contributed by atoms with E-state index in [1.54, 1.807) is 0 Å². The van der Waals surface area contributed by atoms with Gasteiger partial charge in [-0.2, -0.15) is 0 Å². The maximum absolute atomic E-state index is 11.6. The number of carbonyl (C=O) groups is 2. The SMILES string of the molecule is O=C(O)[C@@H]1C[C@@H]2CCC[C@@H](C1)C(=O)N2. The maximum Gasteiger partial charge on any atom is 0.306 e. The summed E-state index contributed by atoms with van der Waals surface area (Å²) in [5.74, 6) is -1.08. The topological polar surface area (TPSA) is 66.4 Å². The highest BCUT2D eigenvalue weighted by molar-refractivity contribution is 5.81. The van der Waals surface area contributed by atoms with Gasteiger partial charge < -0.3 is 10.4 Å². The lowest BCUT2D eigenvalue weighted by Crippen LogP contribution is -2.34. The minimum absolute atomic E-state index is 0.0660. The largest absolute Gasteiger partial charge is 0.481 e. The molecule has 0 aliphatic carbocycles. The molecule has 2 aliphatic rings. The lowest BCUT2D eigenvalue weighted by atomic mass is 9.85. The number of nitrogens with one attached hydrogen (secondary N) is 1. The van der Waals surface area contributed by atoms with E-state index in [1.165, 1.54) is 0 Å². The van der Waals surface area contributed by atoms with Gasteiger partial charge in [0.15, 0.2) is 0 Å². The molecule has 78 valence electrons. The summed E-state index contributed by atoms with van der Waals surface area (Å²) in [6.45, 7) is 0. The molecule has 2 aliphatic heterocycles. The van der Waals surface area contributed by atoms with Crippen LogP contribution in [-0.2, 0) is 9.59 Å². The van der Waals surface area contributed by atoms with Gasteiger partial charge in [-0.3, -0.25) is 9.59 Å². The third-order valence-electron chi connectivity index (χ3n) is 3.31. The highest BCUT2D eigenvalue weighted by Crippen LogP contribution is 2.31. The van der Waals surface area contributed by atoms with Gasteiger partial charge >= 0.3 is 5.97 Å². The van der Waals surface area contributed by atoms with Crippen LogP contribution in [-0.4, -0.2) is 23.0 Å². The van der Waals surface area contributed by atoms with Crippen LogP contribution in [0.25, 0.3) is 0 Å². The molecule has 1 amide bonds. The summed E-state index contributed by atoms with van der Waals surface area (Å²) in [5, 5.41) is 11.9. The Hall–Kier alpha value is -1.06. The molecular formula is C10H15NO3. The van der Waals surface area contributed by atoms with Crippen molar-refractivity contribution in [2.75, 3.05) is 0 Å². The fraction of sp³-hybridized carbons (Fsp3) is 0.800. The number of carboxylic acids is 1. The molecule has 0 saturated carbocycles. The van der Waals surface area contributed by atoms with Gasteiger partial charge in [-0.25, -0.2) is 0 Å². The summed E-state index contributed by atoms with van der Waals surface area (Å²) in [7, 11) is 0. The average Bonchev–Trinajstić information content (AvgIpc) is 2.31. The van der Waals surface area contributed by atoms with Gasteiger partial charge in [0.05, 0.1) is 5.92 Å². The Labute approximate surface area is 82.7 Å². The second-order valence-corrected chi connectivity index (χ2v) is 4.34. The molecule has 4 nitrogen and oxygen atoms in total. The Morgan fingerprint density at radius 1 is 1.36 bits per heavy atom. The van der Waals surface area contributed by atoms with E-state index in [-0.39, 0.29) is 23.8 Å². The molecule has 3 atom stereocenters. The fourth-order valence-electron chi connectivity index (χ4n) is 2.52. The van der Waals surface area contributed by atoms with E-state index < -0.39 is 5.97 Å². The zero-order valence-corrected chi connectivity index (χ0v) is 8.03. The predicted molar refractivity (Wildman–Crippen MR) is 49.6 cm³/mol. The lowest BCUT2D eigenvalue weighted by Gasteiger charge is -2.19. The second-order valence-electron chi connectivity index (χ2n) is 4.34. The molecule has 0 aromatic carbocycles. The number of fused-ring (bicyclic) bond motifs is 3. The number of carbonyl (C=O) groups excluding carboxylic acids is 1. The summed E-state index contributed by atoms with van der Waals surface area (Å²) in [4.78, 5) is 22.5. The van der Waals surface area contributed by atoms with E-state index >= 15 is 0 Å². The molecule has 0 unspecified atom stereocenters. The third kappa shape index (κ3) is 1.74. The van der Waals surface area contributed by atoms with Crippen LogP contribution in [0.15, 0.2) is 0 Å². The van der Waals surface area contributed by atoms with Gasteiger partial charge in [0.25, 0.3) is 0 Å². The molecule has 0 radical (unpaired) electrons. The molecular weight excluding hydrogens is 182 g/mol. The Kier molecular flexibility index (Phi) is 2.44. The second kappa shape index (κ2) is 3.59. The first-order chi connectivity index (χ1) is 6.66. The van der Waals surface area contributed by atoms with Crippen molar-refractivity contribution in [3.8, 4) is 0 Å². The average molecular weight is 197 g/mol. The Morgan fingerprint density at radius 3 is 2.86 bits per heavy atom. The van der Waals surface area contributed by atoms with Crippen LogP contribution in [0.3, 0.4) is 0 Å². The quantitative estimate of drug-likeness (QED) is 0.652. The summed E-state index contributed by atoms with van der Waals surface area (Å²) < 4.78 is 0. The molecule has 0 spiro atoms. The van der Waals surface area contributed by atoms with Crippen LogP contribution in [0, 0.1) is 11.8 Å². The van der Waals surface area contributed by atoms with E-state index in [0.29, 0.717) is 12.8 Å². The summed E-state index contributed by atoms with van der Waals surface area (Å²) in [6.07, 6.45) is 3.97. The van der Waals surface area contributed by atoms with Crippen LogP contribution in [0.1, 0.15) is 32.1 Å². The molecule has 2 saturated heterocycles. The first kappa shape index (κ1) is 9.49. The number of aliphatic carboxylic acids is 1. The summed E-state index contributed by atoms with van der Waals surface area (Å²) in [5.41, 5.74) is 0. The van der Waals surface area contributed by atoms with Gasteiger partial charge in [0.2, 0.25) is 5.91 Å². The monoisotopic (exact) mass is 197 g/mol. The highest BCUT2D eigenvalue weighted by atomic mass is 16.4. The minimum Gasteiger partial charge on any atom is -0.481 e. The fourth-order valence-corrected chi connectivity index (χ4v) is 2.52. The van der Waals surface area contributed by atoms with Crippen LogP contribution < -0.4 is 5.32 Å². The zero-order chi connectivity index (χ0) is 10.1. The first-order valence-corrected chi connectivity index (χ1v) is 5.20. The number of amides is 1. The number of rotatable bonds is 1. The van der Waals surface area contributed by atoms with E-state index in [4.69, 9.17) is 5.11 Å². The maximum atomic E-state index is 11.6. The molecule has 4 heteroatoms. The van der Waals surface area contributed by atoms with E-state index in [0.717, 1.165) is 19.3 Å². The normalized spacial score (nSPS) is 37.1. The van der Waals surface area contributed by atoms with Crippen LogP contribution in [0.4, 0.5) is 0 Å². The number of hydrogen-bond donors (Lipinski definition) is 2. The molecule has 0 aromatic rings. The standard InChI is InChI=1S/C10H15NO3/c12-9-6-2-1-3-8(11-9)5-7(4-6)10(13)14/h6-8H,1-5H2,(H,11,12)(H,13,14)/t6-,7-,8-/m0/s1. The third-order valence-corrected chi connectivity index (χ3v) is 3.31. The smallest absolute Gasteiger partial charge is 0.306 e. The van der Waals surface area contributed by atoms with Gasteiger partial charge in [-0.05, 0) is 25.7 Å². The van der Waals surface area contributed by atoms with E-state index in [2.05, 4.69) is 5.32 Å². The van der Waals surface area contributed by atoms with Crippen molar-refractivity contribution in [2.45, 2.75) is 38.1 Å². The van der Waals surface area contributed by atoms with E-state index in [9.17, 15) is 9.59 Å². The van der Waals surface area contributed by atoms with Gasteiger partial charge in [0.1, 0.15) is 0 Å².